The number of halogens is 1. The zero-order valence-corrected chi connectivity index (χ0v) is 21.4. The minimum Gasteiger partial charge on any atom is -0.493 e. The van der Waals surface area contributed by atoms with E-state index in [1.165, 1.54) is 38.3 Å². The van der Waals surface area contributed by atoms with E-state index in [0.717, 1.165) is 16.1 Å². The van der Waals surface area contributed by atoms with Crippen molar-refractivity contribution >= 4 is 39.1 Å². The van der Waals surface area contributed by atoms with Crippen LogP contribution in [0, 0.1) is 0 Å². The van der Waals surface area contributed by atoms with Gasteiger partial charge in [0.15, 0.2) is 11.5 Å². The molecule has 0 spiro atoms. The van der Waals surface area contributed by atoms with Crippen molar-refractivity contribution in [3.05, 3.63) is 53.1 Å². The van der Waals surface area contributed by atoms with E-state index < -0.39 is 28.5 Å². The summed E-state index contributed by atoms with van der Waals surface area (Å²) in [5.41, 5.74) is 0.977. The monoisotopic (exact) mass is 511 g/mol. The Bertz CT molecular complexity index is 1110. The molecule has 0 aromatic heterocycles. The van der Waals surface area contributed by atoms with Gasteiger partial charge in [0.25, 0.3) is 0 Å². The molecule has 0 heterocycles. The lowest BCUT2D eigenvalue weighted by Gasteiger charge is -2.32. The molecule has 0 unspecified atom stereocenters. The first-order valence-electron chi connectivity index (χ1n) is 10.5. The lowest BCUT2D eigenvalue weighted by molar-refractivity contribution is -0.140. The van der Waals surface area contributed by atoms with Crippen LogP contribution in [0.2, 0.25) is 5.02 Å². The van der Waals surface area contributed by atoms with Gasteiger partial charge in [0, 0.05) is 24.7 Å². The number of anilines is 1. The molecular formula is C23H30ClN3O6S. The first-order valence-corrected chi connectivity index (χ1v) is 12.7. The molecule has 2 rings (SSSR count). The summed E-state index contributed by atoms with van der Waals surface area (Å²) in [5, 5.41) is 3.11. The summed E-state index contributed by atoms with van der Waals surface area (Å²) in [7, 11) is 0.529. The van der Waals surface area contributed by atoms with E-state index >= 15 is 0 Å². The number of sulfonamides is 1. The summed E-state index contributed by atoms with van der Waals surface area (Å²) in [4.78, 5) is 27.4. The topological polar surface area (TPSA) is 105 Å². The smallest absolute Gasteiger partial charge is 0.244 e. The maximum atomic E-state index is 13.5. The molecular weight excluding hydrogens is 482 g/mol. The molecule has 0 fully saturated rings. The van der Waals surface area contributed by atoms with Crippen LogP contribution in [0.15, 0.2) is 42.5 Å². The number of hydrogen-bond acceptors (Lipinski definition) is 6. The number of hydrogen-bond donors (Lipinski definition) is 1. The molecule has 0 saturated carbocycles. The molecule has 1 N–H and O–H groups in total. The highest BCUT2D eigenvalue weighted by molar-refractivity contribution is 7.92. The lowest BCUT2D eigenvalue weighted by Crippen LogP contribution is -2.51. The molecule has 9 nitrogen and oxygen atoms in total. The second-order valence-corrected chi connectivity index (χ2v) is 9.84. The highest BCUT2D eigenvalue weighted by Gasteiger charge is 2.31. The van der Waals surface area contributed by atoms with Gasteiger partial charge in [-0.1, -0.05) is 30.7 Å². The van der Waals surface area contributed by atoms with Crippen molar-refractivity contribution in [3.8, 4) is 11.5 Å². The van der Waals surface area contributed by atoms with Crippen LogP contribution in [0.4, 0.5) is 5.69 Å². The Morgan fingerprint density at radius 1 is 1.06 bits per heavy atom. The Hall–Kier alpha value is -2.98. The molecule has 0 aliphatic rings. The number of benzene rings is 2. The van der Waals surface area contributed by atoms with Gasteiger partial charge in [-0.15, -0.1) is 0 Å². The van der Waals surface area contributed by atoms with E-state index in [-0.39, 0.29) is 18.1 Å². The molecule has 0 bridgehead atoms. The van der Waals surface area contributed by atoms with Crippen molar-refractivity contribution in [3.63, 3.8) is 0 Å². The zero-order valence-electron chi connectivity index (χ0n) is 19.9. The first kappa shape index (κ1) is 27.3. The Labute approximate surface area is 205 Å². The van der Waals surface area contributed by atoms with E-state index in [0.29, 0.717) is 22.9 Å². The van der Waals surface area contributed by atoms with Crippen LogP contribution < -0.4 is 19.1 Å². The van der Waals surface area contributed by atoms with Crippen molar-refractivity contribution < 1.29 is 27.5 Å². The number of amides is 2. The maximum absolute atomic E-state index is 13.5. The van der Waals surface area contributed by atoms with Gasteiger partial charge in [0.05, 0.1) is 26.2 Å². The number of likely N-dealkylation sites (N-methyl/N-ethyl adjacent to an activating group) is 1. The maximum Gasteiger partial charge on any atom is 0.244 e. The molecule has 34 heavy (non-hydrogen) atoms. The largest absolute Gasteiger partial charge is 0.493 e. The van der Waals surface area contributed by atoms with E-state index in [1.54, 1.807) is 37.3 Å². The quantitative estimate of drug-likeness (QED) is 0.497. The van der Waals surface area contributed by atoms with Gasteiger partial charge < -0.3 is 19.7 Å². The zero-order chi connectivity index (χ0) is 25.5. The van der Waals surface area contributed by atoms with E-state index in [4.69, 9.17) is 21.1 Å². The van der Waals surface area contributed by atoms with Crippen molar-refractivity contribution in [2.75, 3.05) is 38.4 Å². The highest BCUT2D eigenvalue weighted by atomic mass is 35.5. The second kappa shape index (κ2) is 11.9. The van der Waals surface area contributed by atoms with Crippen molar-refractivity contribution in [2.45, 2.75) is 25.9 Å². The number of methoxy groups -OCH3 is 2. The summed E-state index contributed by atoms with van der Waals surface area (Å²) in [6.07, 6.45) is 1.35. The van der Waals surface area contributed by atoms with Crippen LogP contribution >= 0.6 is 11.6 Å². The van der Waals surface area contributed by atoms with Crippen LogP contribution in [-0.4, -0.2) is 65.2 Å². The van der Waals surface area contributed by atoms with Gasteiger partial charge in [-0.3, -0.25) is 13.9 Å². The molecule has 0 saturated heterocycles. The molecule has 0 aliphatic carbocycles. The summed E-state index contributed by atoms with van der Waals surface area (Å²) in [6.45, 7) is 1.38. The van der Waals surface area contributed by atoms with Crippen LogP contribution in [0.5, 0.6) is 11.5 Å². The summed E-state index contributed by atoms with van der Waals surface area (Å²) >= 11 is 5.97. The number of carbonyl (C=O) groups excluding carboxylic acids is 2. The van der Waals surface area contributed by atoms with Gasteiger partial charge in [0.1, 0.15) is 12.6 Å². The molecule has 11 heteroatoms. The fraction of sp³-hybridized carbons (Fsp3) is 0.391. The third-order valence-corrected chi connectivity index (χ3v) is 6.63. The Balaban J connectivity index is 2.46. The number of nitrogens with one attached hydrogen (secondary N) is 1. The minimum absolute atomic E-state index is 0.103. The summed E-state index contributed by atoms with van der Waals surface area (Å²) in [5.74, 6) is -0.149. The SMILES string of the molecule is CC[C@@H](C(=O)NC)N(Cc1ccc(Cl)cc1)C(=O)CN(c1ccc(OC)c(OC)c1)S(C)(=O)=O. The van der Waals surface area contributed by atoms with Gasteiger partial charge in [-0.2, -0.15) is 0 Å². The van der Waals surface area contributed by atoms with Crippen LogP contribution in [0.25, 0.3) is 0 Å². The second-order valence-electron chi connectivity index (χ2n) is 7.50. The average molecular weight is 512 g/mol. The number of rotatable bonds is 11. The Kier molecular flexibility index (Phi) is 9.57. The Morgan fingerprint density at radius 3 is 2.18 bits per heavy atom. The van der Waals surface area contributed by atoms with Crippen molar-refractivity contribution in [1.82, 2.24) is 10.2 Å². The lowest BCUT2D eigenvalue weighted by atomic mass is 10.1. The molecule has 2 aromatic carbocycles. The fourth-order valence-corrected chi connectivity index (χ4v) is 4.43. The molecule has 0 radical (unpaired) electrons. The van der Waals surface area contributed by atoms with Crippen molar-refractivity contribution in [2.24, 2.45) is 0 Å². The minimum atomic E-state index is -3.86. The molecule has 2 aromatic rings. The predicted molar refractivity (Wildman–Crippen MR) is 132 cm³/mol. The standard InChI is InChI=1S/C23H30ClN3O6S/c1-6-19(23(29)25-2)26(14-16-7-9-17(24)10-8-16)22(28)15-27(34(5,30)31)18-11-12-20(32-3)21(13-18)33-4/h7-13,19H,6,14-15H2,1-5H3,(H,25,29)/t19-/m0/s1. The summed E-state index contributed by atoms with van der Waals surface area (Å²) < 4.78 is 36.8. The highest BCUT2D eigenvalue weighted by Crippen LogP contribution is 2.32. The fourth-order valence-electron chi connectivity index (χ4n) is 3.47. The van der Waals surface area contributed by atoms with Gasteiger partial charge in [0.2, 0.25) is 21.8 Å². The molecule has 1 atom stereocenters. The predicted octanol–water partition coefficient (Wildman–Crippen LogP) is 2.68. The Morgan fingerprint density at radius 2 is 1.68 bits per heavy atom. The third kappa shape index (κ3) is 6.77. The van der Waals surface area contributed by atoms with Gasteiger partial charge >= 0.3 is 0 Å². The molecule has 0 aliphatic heterocycles. The van der Waals surface area contributed by atoms with Gasteiger partial charge in [-0.25, -0.2) is 8.42 Å². The summed E-state index contributed by atoms with van der Waals surface area (Å²) in [6, 6.07) is 10.6. The van der Waals surface area contributed by atoms with Crippen LogP contribution in [-0.2, 0) is 26.2 Å². The van der Waals surface area contributed by atoms with E-state index in [2.05, 4.69) is 5.32 Å². The third-order valence-electron chi connectivity index (χ3n) is 5.23. The number of carbonyl (C=O) groups is 2. The van der Waals surface area contributed by atoms with Crippen LogP contribution in [0.3, 0.4) is 0 Å². The van der Waals surface area contributed by atoms with Crippen LogP contribution in [0.1, 0.15) is 18.9 Å². The average Bonchev–Trinajstić information content (AvgIpc) is 2.82. The van der Waals surface area contributed by atoms with Gasteiger partial charge in [-0.05, 0) is 36.2 Å². The first-order chi connectivity index (χ1) is 16.0. The number of ether oxygens (including phenoxy) is 2. The molecule has 186 valence electrons. The normalized spacial score (nSPS) is 11.9. The molecule has 2 amide bonds. The van der Waals surface area contributed by atoms with Crippen molar-refractivity contribution in [1.29, 1.82) is 0 Å². The van der Waals surface area contributed by atoms with E-state index in [1.807, 2.05) is 0 Å². The number of nitrogens with zero attached hydrogens (tertiary/aromatic N) is 2. The van der Waals surface area contributed by atoms with E-state index in [9.17, 15) is 18.0 Å².